The number of ether oxygens (including phenoxy) is 3. The maximum atomic E-state index is 13.9. The molecule has 242 valence electrons. The number of nitrogens with zero attached hydrogens (tertiary/aromatic N) is 1. The van der Waals surface area contributed by atoms with E-state index in [0.717, 1.165) is 57.2 Å². The monoisotopic (exact) mass is 602 g/mol. The Labute approximate surface area is 258 Å². The topological polar surface area (TPSA) is 118 Å². The lowest BCUT2D eigenvalue weighted by molar-refractivity contribution is -0.126. The number of hydrogen-bond donors (Lipinski definition) is 3. The SMILES string of the molecule is CCCCCCCC(=O)N[C@H](CN1CCCC1)[C@H](NC(=O)[C@H](NC(=O)OC(C)(C)C)C(C)C)c1ccc2c(c1)OCCO2. The lowest BCUT2D eigenvalue weighted by Gasteiger charge is -2.34. The molecule has 3 atom stereocenters. The first kappa shape index (κ1) is 34.5. The Kier molecular flexibility index (Phi) is 13.4. The molecule has 3 rings (SSSR count). The maximum absolute atomic E-state index is 13.9. The molecule has 0 bridgehead atoms. The van der Waals surface area contributed by atoms with Crippen LogP contribution in [0.15, 0.2) is 18.2 Å². The normalized spacial score (nSPS) is 17.2. The molecule has 0 spiro atoms. The van der Waals surface area contributed by atoms with Crippen molar-refractivity contribution in [3.8, 4) is 11.5 Å². The first-order valence-corrected chi connectivity index (χ1v) is 16.2. The third-order valence-corrected chi connectivity index (χ3v) is 7.75. The second kappa shape index (κ2) is 16.7. The van der Waals surface area contributed by atoms with E-state index < -0.39 is 29.8 Å². The fourth-order valence-corrected chi connectivity index (χ4v) is 5.53. The Balaban J connectivity index is 1.88. The fourth-order valence-electron chi connectivity index (χ4n) is 5.53. The number of carbonyl (C=O) groups excluding carboxylic acids is 3. The summed E-state index contributed by atoms with van der Waals surface area (Å²) >= 11 is 0. The van der Waals surface area contributed by atoms with Gasteiger partial charge in [0.25, 0.3) is 0 Å². The van der Waals surface area contributed by atoms with Gasteiger partial charge in [0, 0.05) is 13.0 Å². The van der Waals surface area contributed by atoms with Gasteiger partial charge in [-0.1, -0.05) is 52.5 Å². The van der Waals surface area contributed by atoms with Crippen molar-refractivity contribution in [2.75, 3.05) is 32.8 Å². The number of benzene rings is 1. The molecule has 1 aromatic rings. The van der Waals surface area contributed by atoms with Crippen molar-refractivity contribution < 1.29 is 28.6 Å². The third kappa shape index (κ3) is 11.5. The number of amides is 3. The van der Waals surface area contributed by atoms with Crippen LogP contribution in [0.2, 0.25) is 0 Å². The summed E-state index contributed by atoms with van der Waals surface area (Å²) in [6.07, 6.45) is 7.30. The van der Waals surface area contributed by atoms with E-state index >= 15 is 0 Å². The predicted molar refractivity (Wildman–Crippen MR) is 167 cm³/mol. The van der Waals surface area contributed by atoms with Crippen LogP contribution in [0.5, 0.6) is 11.5 Å². The van der Waals surface area contributed by atoms with Crippen molar-refractivity contribution in [1.29, 1.82) is 0 Å². The van der Waals surface area contributed by atoms with Crippen LogP contribution in [-0.2, 0) is 14.3 Å². The van der Waals surface area contributed by atoms with E-state index in [4.69, 9.17) is 14.2 Å². The van der Waals surface area contributed by atoms with Crippen LogP contribution < -0.4 is 25.4 Å². The van der Waals surface area contributed by atoms with Gasteiger partial charge >= 0.3 is 6.09 Å². The summed E-state index contributed by atoms with van der Waals surface area (Å²) in [5.41, 5.74) is 0.0992. The summed E-state index contributed by atoms with van der Waals surface area (Å²) in [6.45, 7) is 14.7. The molecular formula is C33H54N4O6. The zero-order chi connectivity index (χ0) is 31.4. The Bertz CT molecular complexity index is 1050. The van der Waals surface area contributed by atoms with E-state index in [1.54, 1.807) is 20.8 Å². The summed E-state index contributed by atoms with van der Waals surface area (Å²) in [5, 5.41) is 9.25. The minimum Gasteiger partial charge on any atom is -0.486 e. The van der Waals surface area contributed by atoms with Crippen molar-refractivity contribution in [3.63, 3.8) is 0 Å². The maximum Gasteiger partial charge on any atom is 0.408 e. The highest BCUT2D eigenvalue weighted by molar-refractivity contribution is 5.86. The molecule has 2 aliphatic heterocycles. The second-order valence-electron chi connectivity index (χ2n) is 13.1. The van der Waals surface area contributed by atoms with Gasteiger partial charge in [0.15, 0.2) is 11.5 Å². The van der Waals surface area contributed by atoms with Crippen LogP contribution in [0.25, 0.3) is 0 Å². The smallest absolute Gasteiger partial charge is 0.408 e. The molecule has 3 N–H and O–H groups in total. The molecule has 10 heteroatoms. The first-order valence-electron chi connectivity index (χ1n) is 16.2. The summed E-state index contributed by atoms with van der Waals surface area (Å²) in [5.74, 6) is 0.685. The number of carbonyl (C=O) groups is 3. The van der Waals surface area contributed by atoms with Crippen molar-refractivity contribution in [2.24, 2.45) is 5.92 Å². The Morgan fingerprint density at radius 2 is 1.60 bits per heavy atom. The van der Waals surface area contributed by atoms with Crippen molar-refractivity contribution in [1.82, 2.24) is 20.9 Å². The number of hydrogen-bond acceptors (Lipinski definition) is 7. The van der Waals surface area contributed by atoms with Crippen LogP contribution in [0.1, 0.15) is 105 Å². The van der Waals surface area contributed by atoms with E-state index in [1.165, 1.54) is 6.42 Å². The number of alkyl carbamates (subject to hydrolysis) is 1. The lowest BCUT2D eigenvalue weighted by Crippen LogP contribution is -2.56. The van der Waals surface area contributed by atoms with Gasteiger partial charge in [0.2, 0.25) is 11.8 Å². The summed E-state index contributed by atoms with van der Waals surface area (Å²) in [7, 11) is 0. The van der Waals surface area contributed by atoms with E-state index in [1.807, 2.05) is 32.0 Å². The van der Waals surface area contributed by atoms with E-state index in [0.29, 0.717) is 37.7 Å². The minimum atomic E-state index is -0.837. The average Bonchev–Trinajstić information content (AvgIpc) is 3.46. The molecular weight excluding hydrogens is 548 g/mol. The van der Waals surface area contributed by atoms with E-state index in [-0.39, 0.29) is 17.7 Å². The first-order chi connectivity index (χ1) is 20.5. The van der Waals surface area contributed by atoms with E-state index in [9.17, 15) is 14.4 Å². The fraction of sp³-hybridized carbons (Fsp3) is 0.727. The summed E-state index contributed by atoms with van der Waals surface area (Å²) in [4.78, 5) is 42.2. The minimum absolute atomic E-state index is 0.0234. The number of unbranched alkanes of at least 4 members (excludes halogenated alkanes) is 4. The van der Waals surface area contributed by atoms with Crippen molar-refractivity contribution in [3.05, 3.63) is 23.8 Å². The van der Waals surface area contributed by atoms with Gasteiger partial charge < -0.3 is 35.1 Å². The van der Waals surface area contributed by atoms with E-state index in [2.05, 4.69) is 27.8 Å². The number of likely N-dealkylation sites (tertiary alicyclic amines) is 1. The molecule has 3 amide bonds. The molecule has 10 nitrogen and oxygen atoms in total. The summed E-state index contributed by atoms with van der Waals surface area (Å²) in [6, 6.07) is 3.84. The highest BCUT2D eigenvalue weighted by atomic mass is 16.6. The van der Waals surface area contributed by atoms with Crippen molar-refractivity contribution >= 4 is 17.9 Å². The average molecular weight is 603 g/mol. The van der Waals surface area contributed by atoms with Crippen LogP contribution in [0, 0.1) is 5.92 Å². The molecule has 1 saturated heterocycles. The molecule has 2 heterocycles. The van der Waals surface area contributed by atoms with Gasteiger partial charge in [-0.05, 0) is 76.7 Å². The van der Waals surface area contributed by atoms with Crippen LogP contribution in [0.3, 0.4) is 0 Å². The molecule has 1 fully saturated rings. The zero-order valence-electron chi connectivity index (χ0n) is 27.1. The molecule has 0 aromatic heterocycles. The number of nitrogens with one attached hydrogen (secondary N) is 3. The highest BCUT2D eigenvalue weighted by Gasteiger charge is 2.34. The van der Waals surface area contributed by atoms with Gasteiger partial charge in [0.1, 0.15) is 24.9 Å². The van der Waals surface area contributed by atoms with Crippen molar-refractivity contribution in [2.45, 2.75) is 117 Å². The lowest BCUT2D eigenvalue weighted by atomic mass is 9.95. The second-order valence-corrected chi connectivity index (χ2v) is 13.1. The Morgan fingerprint density at radius 1 is 0.930 bits per heavy atom. The van der Waals surface area contributed by atoms with Gasteiger partial charge in [-0.15, -0.1) is 0 Å². The number of fused-ring (bicyclic) bond motifs is 1. The predicted octanol–water partition coefficient (Wildman–Crippen LogP) is 5.11. The number of rotatable bonds is 15. The van der Waals surface area contributed by atoms with Crippen LogP contribution in [0.4, 0.5) is 4.79 Å². The largest absolute Gasteiger partial charge is 0.486 e. The molecule has 0 saturated carbocycles. The standard InChI is InChI=1S/C33H54N4O6/c1-7-8-9-10-11-14-28(38)34-25(22-37-17-12-13-18-37)30(24-15-16-26-27(21-24)42-20-19-41-26)35-31(39)29(23(2)3)36-32(40)43-33(4,5)6/h15-16,21,23,25,29-30H,7-14,17-20,22H2,1-6H3,(H,34,38)(H,35,39)(H,36,40)/t25-,29-,30-/m1/s1. The third-order valence-electron chi connectivity index (χ3n) is 7.75. The molecule has 1 aromatic carbocycles. The molecule has 43 heavy (non-hydrogen) atoms. The van der Waals surface area contributed by atoms with Gasteiger partial charge in [-0.3, -0.25) is 9.59 Å². The quantitative estimate of drug-likeness (QED) is 0.239. The summed E-state index contributed by atoms with van der Waals surface area (Å²) < 4.78 is 17.1. The Hall–Kier alpha value is -3.01. The Morgan fingerprint density at radius 3 is 2.26 bits per heavy atom. The zero-order valence-corrected chi connectivity index (χ0v) is 27.1. The molecule has 0 radical (unpaired) electrons. The highest BCUT2D eigenvalue weighted by Crippen LogP contribution is 2.34. The van der Waals surface area contributed by atoms with Gasteiger partial charge in [-0.25, -0.2) is 4.79 Å². The molecule has 0 unspecified atom stereocenters. The van der Waals surface area contributed by atoms with Crippen LogP contribution >= 0.6 is 0 Å². The van der Waals surface area contributed by atoms with Gasteiger partial charge in [-0.2, -0.15) is 0 Å². The van der Waals surface area contributed by atoms with Crippen LogP contribution in [-0.4, -0.2) is 73.3 Å². The van der Waals surface area contributed by atoms with Gasteiger partial charge in [0.05, 0.1) is 12.1 Å². The molecule has 0 aliphatic carbocycles. The molecule has 2 aliphatic rings.